The Hall–Kier alpha value is -4.33. The molecular weight excluding hydrogens is 520 g/mol. The van der Waals surface area contributed by atoms with Gasteiger partial charge in [-0.25, -0.2) is 9.59 Å². The number of methoxy groups -OCH3 is 1. The normalized spacial score (nSPS) is 15.4. The predicted octanol–water partition coefficient (Wildman–Crippen LogP) is 6.04. The number of esters is 1. The number of aromatic carboxylic acids is 1. The van der Waals surface area contributed by atoms with Crippen LogP contribution >= 0.6 is 0 Å². The molecule has 0 radical (unpaired) electrons. The molecule has 1 aliphatic heterocycles. The molecule has 1 aliphatic carbocycles. The number of allylic oxidation sites excluding steroid dienone is 1. The molecule has 0 spiro atoms. The maximum atomic E-state index is 14.1. The second kappa shape index (κ2) is 11.6. The van der Waals surface area contributed by atoms with Gasteiger partial charge >= 0.3 is 11.9 Å². The molecule has 1 aromatic heterocycles. The lowest BCUT2D eigenvalue weighted by Crippen LogP contribution is -2.22. The van der Waals surface area contributed by atoms with E-state index in [4.69, 9.17) is 9.47 Å². The van der Waals surface area contributed by atoms with E-state index in [-0.39, 0.29) is 24.3 Å². The van der Waals surface area contributed by atoms with Crippen LogP contribution in [0.1, 0.15) is 66.4 Å². The van der Waals surface area contributed by atoms with E-state index in [2.05, 4.69) is 4.57 Å². The first kappa shape index (κ1) is 28.2. The summed E-state index contributed by atoms with van der Waals surface area (Å²) in [6, 6.07) is 11.1. The van der Waals surface area contributed by atoms with Crippen molar-refractivity contribution in [2.24, 2.45) is 0 Å². The van der Waals surface area contributed by atoms with E-state index in [1.54, 1.807) is 45.2 Å². The van der Waals surface area contributed by atoms with E-state index >= 15 is 0 Å². The van der Waals surface area contributed by atoms with Crippen molar-refractivity contribution in [2.45, 2.75) is 51.5 Å². The summed E-state index contributed by atoms with van der Waals surface area (Å²) in [5.74, 6) is -1.16. The standard InChI is InChI=1S/C33H36N2O6/c1-5-41-33(39)27(19-34(2)3)31(36)23-15-22-16-24(40-4)12-14-25(22)30-29(20-9-7-6-8-10-20)26-13-11-21(32(37)38)17-28(26)35(30)18-23/h11-17,19-20H,5-10,18H2,1-4H3,(H,37,38)/b27-19+. The van der Waals surface area contributed by atoms with Crippen molar-refractivity contribution in [3.05, 3.63) is 70.4 Å². The highest BCUT2D eigenvalue weighted by Gasteiger charge is 2.32. The van der Waals surface area contributed by atoms with Gasteiger partial charge in [0.15, 0.2) is 5.78 Å². The Morgan fingerprint density at radius 2 is 1.83 bits per heavy atom. The van der Waals surface area contributed by atoms with Crippen molar-refractivity contribution < 1.29 is 29.0 Å². The quantitative estimate of drug-likeness (QED) is 0.156. The number of Topliss-reactive ketones (excluding diaryl/α,β-unsaturated/α-hetero) is 1. The van der Waals surface area contributed by atoms with Gasteiger partial charge in [0, 0.05) is 42.3 Å². The number of hydrogen-bond donors (Lipinski definition) is 1. The molecule has 8 heteroatoms. The van der Waals surface area contributed by atoms with E-state index < -0.39 is 17.7 Å². The second-order valence-corrected chi connectivity index (χ2v) is 10.9. The van der Waals surface area contributed by atoms with Crippen molar-refractivity contribution in [1.29, 1.82) is 0 Å². The summed E-state index contributed by atoms with van der Waals surface area (Å²) in [5, 5.41) is 10.8. The lowest BCUT2D eigenvalue weighted by molar-refractivity contribution is -0.139. The highest BCUT2D eigenvalue weighted by molar-refractivity contribution is 6.25. The molecule has 1 fully saturated rings. The minimum Gasteiger partial charge on any atom is -0.497 e. The molecule has 41 heavy (non-hydrogen) atoms. The van der Waals surface area contributed by atoms with Crippen molar-refractivity contribution in [3.63, 3.8) is 0 Å². The number of carboxylic acid groups (broad SMARTS) is 1. The van der Waals surface area contributed by atoms with Crippen LogP contribution in [0.4, 0.5) is 0 Å². The zero-order valence-corrected chi connectivity index (χ0v) is 24.0. The highest BCUT2D eigenvalue weighted by atomic mass is 16.5. The summed E-state index contributed by atoms with van der Waals surface area (Å²) in [4.78, 5) is 40.7. The van der Waals surface area contributed by atoms with Crippen molar-refractivity contribution in [1.82, 2.24) is 9.47 Å². The maximum absolute atomic E-state index is 14.1. The van der Waals surface area contributed by atoms with Crippen LogP contribution in [-0.4, -0.2) is 60.1 Å². The summed E-state index contributed by atoms with van der Waals surface area (Å²) in [7, 11) is 5.09. The Morgan fingerprint density at radius 3 is 2.49 bits per heavy atom. The summed E-state index contributed by atoms with van der Waals surface area (Å²) >= 11 is 0. The fourth-order valence-electron chi connectivity index (χ4n) is 6.16. The number of carbonyl (C=O) groups excluding carboxylic acids is 2. The van der Waals surface area contributed by atoms with Gasteiger partial charge < -0.3 is 24.0 Å². The van der Waals surface area contributed by atoms with Gasteiger partial charge in [0.05, 0.1) is 31.5 Å². The number of rotatable bonds is 8. The van der Waals surface area contributed by atoms with Gasteiger partial charge in [-0.3, -0.25) is 4.79 Å². The van der Waals surface area contributed by atoms with E-state index in [0.29, 0.717) is 17.2 Å². The van der Waals surface area contributed by atoms with Gasteiger partial charge in [0.1, 0.15) is 11.3 Å². The van der Waals surface area contributed by atoms with Crippen LogP contribution in [0.5, 0.6) is 5.75 Å². The number of fused-ring (bicyclic) bond motifs is 5. The van der Waals surface area contributed by atoms with Crippen LogP contribution in [0, 0.1) is 0 Å². The minimum atomic E-state index is -1.01. The molecule has 1 saturated carbocycles. The first-order valence-electron chi connectivity index (χ1n) is 14.1. The number of carboxylic acids is 1. The number of ketones is 1. The Labute approximate surface area is 239 Å². The van der Waals surface area contributed by atoms with E-state index in [0.717, 1.165) is 53.4 Å². The molecule has 2 heterocycles. The molecule has 0 saturated heterocycles. The molecule has 214 valence electrons. The van der Waals surface area contributed by atoms with Gasteiger partial charge in [0.25, 0.3) is 0 Å². The van der Waals surface area contributed by atoms with Gasteiger partial charge in [-0.15, -0.1) is 0 Å². The smallest absolute Gasteiger partial charge is 0.343 e. The average molecular weight is 557 g/mol. The van der Waals surface area contributed by atoms with Crippen LogP contribution in [0.25, 0.3) is 28.2 Å². The van der Waals surface area contributed by atoms with Crippen molar-refractivity contribution >= 4 is 34.7 Å². The highest BCUT2D eigenvalue weighted by Crippen LogP contribution is 2.47. The van der Waals surface area contributed by atoms with Crippen LogP contribution in [0.3, 0.4) is 0 Å². The monoisotopic (exact) mass is 556 g/mol. The van der Waals surface area contributed by atoms with Crippen molar-refractivity contribution in [3.8, 4) is 17.0 Å². The molecular formula is C33H36N2O6. The number of aromatic nitrogens is 1. The Morgan fingerprint density at radius 1 is 1.07 bits per heavy atom. The Kier molecular flexibility index (Phi) is 8.01. The van der Waals surface area contributed by atoms with E-state index in [1.165, 1.54) is 18.2 Å². The summed E-state index contributed by atoms with van der Waals surface area (Å²) in [5.41, 5.74) is 5.20. The van der Waals surface area contributed by atoms with Gasteiger partial charge in [-0.1, -0.05) is 25.3 Å². The van der Waals surface area contributed by atoms with E-state index in [1.807, 2.05) is 30.3 Å². The third kappa shape index (κ3) is 5.38. The first-order valence-corrected chi connectivity index (χ1v) is 14.1. The SMILES string of the molecule is CCOC(=O)/C(=C/N(C)C)C(=O)C1=Cc2cc(OC)ccc2-c2c(C3CCCCC3)c3ccc(C(=O)O)cc3n2C1. The van der Waals surface area contributed by atoms with Crippen LogP contribution in [0.15, 0.2) is 53.7 Å². The maximum Gasteiger partial charge on any atom is 0.343 e. The topological polar surface area (TPSA) is 98.1 Å². The van der Waals surface area contributed by atoms with Crippen LogP contribution in [-0.2, 0) is 20.9 Å². The molecule has 2 aliphatic rings. The number of benzene rings is 2. The Balaban J connectivity index is 1.80. The molecule has 8 nitrogen and oxygen atoms in total. The molecule has 2 aromatic carbocycles. The zero-order valence-electron chi connectivity index (χ0n) is 24.0. The summed E-state index contributed by atoms with van der Waals surface area (Å²) in [6.07, 6.45) is 8.90. The predicted molar refractivity (Wildman–Crippen MR) is 158 cm³/mol. The number of ether oxygens (including phenoxy) is 2. The van der Waals surface area contributed by atoms with Gasteiger partial charge in [-0.2, -0.15) is 0 Å². The third-order valence-electron chi connectivity index (χ3n) is 7.96. The van der Waals surface area contributed by atoms with Crippen molar-refractivity contribution in [2.75, 3.05) is 27.8 Å². The molecule has 5 rings (SSSR count). The number of hydrogen-bond acceptors (Lipinski definition) is 6. The lowest BCUT2D eigenvalue weighted by Gasteiger charge is -2.24. The molecule has 3 aromatic rings. The van der Waals surface area contributed by atoms with Crippen LogP contribution in [0.2, 0.25) is 0 Å². The Bertz CT molecular complexity index is 1590. The molecule has 0 unspecified atom stereocenters. The molecule has 1 N–H and O–H groups in total. The summed E-state index contributed by atoms with van der Waals surface area (Å²) in [6.45, 7) is 2.01. The number of nitrogens with zero attached hydrogens (tertiary/aromatic N) is 2. The largest absolute Gasteiger partial charge is 0.497 e. The van der Waals surface area contributed by atoms with E-state index in [9.17, 15) is 19.5 Å². The average Bonchev–Trinajstić information content (AvgIpc) is 3.18. The fourth-order valence-corrected chi connectivity index (χ4v) is 6.16. The second-order valence-electron chi connectivity index (χ2n) is 10.9. The molecule has 0 atom stereocenters. The third-order valence-corrected chi connectivity index (χ3v) is 7.96. The molecule has 0 amide bonds. The van der Waals surface area contributed by atoms with Gasteiger partial charge in [0.2, 0.25) is 0 Å². The zero-order chi connectivity index (χ0) is 29.3. The summed E-state index contributed by atoms with van der Waals surface area (Å²) < 4.78 is 12.9. The molecule has 0 bridgehead atoms. The van der Waals surface area contributed by atoms with Crippen LogP contribution < -0.4 is 4.74 Å². The fraction of sp³-hybridized carbons (Fsp3) is 0.364. The first-order chi connectivity index (χ1) is 19.7. The minimum absolute atomic E-state index is 0.0637. The van der Waals surface area contributed by atoms with Gasteiger partial charge in [-0.05, 0) is 73.2 Å². The lowest BCUT2D eigenvalue weighted by atomic mass is 9.81. The number of carbonyl (C=O) groups is 3.